The number of carbonyl (C=O) groups excluding carboxylic acids is 2. The van der Waals surface area contributed by atoms with Crippen LogP contribution < -0.4 is 15.6 Å². The van der Waals surface area contributed by atoms with Crippen LogP contribution in [0.2, 0.25) is 0 Å². The van der Waals surface area contributed by atoms with Crippen molar-refractivity contribution in [2.24, 2.45) is 0 Å². The van der Waals surface area contributed by atoms with Gasteiger partial charge in [0.2, 0.25) is 0 Å². The van der Waals surface area contributed by atoms with Crippen LogP contribution in [0.15, 0.2) is 30.4 Å². The molecule has 4 N–H and O–H groups in total. The Morgan fingerprint density at radius 3 is 2.74 bits per heavy atom. The van der Waals surface area contributed by atoms with Crippen molar-refractivity contribution in [1.82, 2.24) is 10.9 Å². The number of hydrazine groups is 1. The molecule has 0 aliphatic heterocycles. The molecule has 0 saturated heterocycles. The van der Waals surface area contributed by atoms with Gasteiger partial charge in [-0.2, -0.15) is 0 Å². The molecule has 0 bridgehead atoms. The number of allylic oxidation sites excluding steroid dienone is 1. The van der Waals surface area contributed by atoms with Crippen molar-refractivity contribution in [1.29, 1.82) is 5.41 Å². The Hall–Kier alpha value is -2.83. The lowest BCUT2D eigenvalue weighted by Gasteiger charge is -2.07. The zero-order valence-corrected chi connectivity index (χ0v) is 10.1. The molecule has 0 aliphatic rings. The van der Waals surface area contributed by atoms with E-state index in [1.54, 1.807) is 0 Å². The van der Waals surface area contributed by atoms with Gasteiger partial charge in [-0.05, 0) is 24.3 Å². The first-order chi connectivity index (χ1) is 9.08. The highest BCUT2D eigenvalue weighted by atomic mass is 16.5. The van der Waals surface area contributed by atoms with E-state index in [0.717, 1.165) is 12.3 Å². The second kappa shape index (κ2) is 6.80. The van der Waals surface area contributed by atoms with E-state index in [-0.39, 0.29) is 17.1 Å². The van der Waals surface area contributed by atoms with Gasteiger partial charge in [0.15, 0.2) is 11.5 Å². The fourth-order valence-electron chi connectivity index (χ4n) is 1.19. The van der Waals surface area contributed by atoms with Crippen molar-refractivity contribution in [3.05, 3.63) is 35.9 Å². The lowest BCUT2D eigenvalue weighted by molar-refractivity contribution is -0.117. The second-order valence-electron chi connectivity index (χ2n) is 3.36. The van der Waals surface area contributed by atoms with Crippen LogP contribution in [0.25, 0.3) is 0 Å². The predicted octanol–water partition coefficient (Wildman–Crippen LogP) is 0.368. The van der Waals surface area contributed by atoms with Crippen LogP contribution in [0.5, 0.6) is 11.5 Å². The van der Waals surface area contributed by atoms with Gasteiger partial charge in [0.1, 0.15) is 0 Å². The Bertz CT molecular complexity index is 526. The number of methoxy groups -OCH3 is 1. The third-order valence-corrected chi connectivity index (χ3v) is 2.08. The first kappa shape index (κ1) is 14.2. The molecule has 0 aromatic heterocycles. The maximum atomic E-state index is 11.7. The Labute approximate surface area is 109 Å². The van der Waals surface area contributed by atoms with E-state index in [0.29, 0.717) is 0 Å². The average molecular weight is 263 g/mol. The topological polar surface area (TPSA) is 112 Å². The molecule has 0 saturated carbocycles. The van der Waals surface area contributed by atoms with Crippen LogP contribution in [0, 0.1) is 5.41 Å². The van der Waals surface area contributed by atoms with Crippen LogP contribution in [-0.4, -0.2) is 30.2 Å². The molecule has 1 aromatic carbocycles. The third kappa shape index (κ3) is 4.15. The van der Waals surface area contributed by atoms with Crippen LogP contribution in [0.4, 0.5) is 0 Å². The van der Waals surface area contributed by atoms with Crippen molar-refractivity contribution in [3.63, 3.8) is 0 Å². The molecule has 1 aromatic rings. The molecular weight excluding hydrogens is 250 g/mol. The van der Waals surface area contributed by atoms with E-state index in [4.69, 9.17) is 10.1 Å². The molecular formula is C12H13N3O4. The van der Waals surface area contributed by atoms with E-state index in [1.165, 1.54) is 31.4 Å². The van der Waals surface area contributed by atoms with E-state index < -0.39 is 11.8 Å². The molecule has 0 heterocycles. The molecule has 7 heteroatoms. The zero-order chi connectivity index (χ0) is 14.3. The third-order valence-electron chi connectivity index (χ3n) is 2.08. The zero-order valence-electron chi connectivity index (χ0n) is 10.1. The molecule has 2 amide bonds. The van der Waals surface area contributed by atoms with Crippen molar-refractivity contribution >= 4 is 18.0 Å². The highest BCUT2D eigenvalue weighted by Gasteiger charge is 2.09. The largest absolute Gasteiger partial charge is 0.504 e. The smallest absolute Gasteiger partial charge is 0.269 e. The van der Waals surface area contributed by atoms with Crippen LogP contribution in [0.3, 0.4) is 0 Å². The lowest BCUT2D eigenvalue weighted by atomic mass is 10.2. The summed E-state index contributed by atoms with van der Waals surface area (Å²) in [6, 6.07) is 4.03. The monoisotopic (exact) mass is 263 g/mol. The molecule has 0 radical (unpaired) electrons. The van der Waals surface area contributed by atoms with Crippen molar-refractivity contribution < 1.29 is 19.4 Å². The number of amides is 2. The van der Waals surface area contributed by atoms with Crippen LogP contribution >= 0.6 is 0 Å². The van der Waals surface area contributed by atoms with Gasteiger partial charge in [0, 0.05) is 17.9 Å². The molecule has 19 heavy (non-hydrogen) atoms. The van der Waals surface area contributed by atoms with Gasteiger partial charge in [0.25, 0.3) is 11.8 Å². The minimum Gasteiger partial charge on any atom is -0.504 e. The van der Waals surface area contributed by atoms with E-state index >= 15 is 0 Å². The van der Waals surface area contributed by atoms with E-state index in [1.807, 2.05) is 0 Å². The summed E-state index contributed by atoms with van der Waals surface area (Å²) in [7, 11) is 1.36. The fraction of sp³-hybridized carbons (Fsp3) is 0.0833. The van der Waals surface area contributed by atoms with Crippen molar-refractivity contribution in [2.45, 2.75) is 0 Å². The van der Waals surface area contributed by atoms with Crippen LogP contribution in [0.1, 0.15) is 10.4 Å². The van der Waals surface area contributed by atoms with Crippen molar-refractivity contribution in [3.8, 4) is 11.5 Å². The first-order valence-corrected chi connectivity index (χ1v) is 5.23. The number of nitrogens with one attached hydrogen (secondary N) is 3. The molecule has 0 fully saturated rings. The predicted molar refractivity (Wildman–Crippen MR) is 68.2 cm³/mol. The Balaban J connectivity index is 2.66. The van der Waals surface area contributed by atoms with Gasteiger partial charge in [-0.1, -0.05) is 0 Å². The summed E-state index contributed by atoms with van der Waals surface area (Å²) in [5, 5.41) is 16.1. The number of phenols is 1. The number of aromatic hydroxyl groups is 1. The number of phenolic OH excluding ortho intramolecular Hbond substituents is 1. The number of carbonyl (C=O) groups is 2. The Morgan fingerprint density at radius 1 is 1.37 bits per heavy atom. The van der Waals surface area contributed by atoms with Crippen LogP contribution in [-0.2, 0) is 4.79 Å². The summed E-state index contributed by atoms with van der Waals surface area (Å²) in [4.78, 5) is 22.8. The Kier molecular flexibility index (Phi) is 5.09. The number of ether oxygens (including phenoxy) is 1. The van der Waals surface area contributed by atoms with Gasteiger partial charge in [-0.3, -0.25) is 20.4 Å². The fourth-order valence-corrected chi connectivity index (χ4v) is 1.19. The summed E-state index contributed by atoms with van der Waals surface area (Å²) in [6.45, 7) is 0. The highest BCUT2D eigenvalue weighted by Crippen LogP contribution is 2.25. The number of hydrogen-bond acceptors (Lipinski definition) is 5. The molecule has 0 spiro atoms. The first-order valence-electron chi connectivity index (χ1n) is 5.23. The highest BCUT2D eigenvalue weighted by molar-refractivity contribution is 5.98. The number of hydrogen-bond donors (Lipinski definition) is 4. The summed E-state index contributed by atoms with van der Waals surface area (Å²) in [6.07, 6.45) is 3.24. The lowest BCUT2D eigenvalue weighted by Crippen LogP contribution is -2.40. The number of rotatable bonds is 4. The van der Waals surface area contributed by atoms with E-state index in [9.17, 15) is 14.7 Å². The summed E-state index contributed by atoms with van der Waals surface area (Å²) >= 11 is 0. The van der Waals surface area contributed by atoms with Gasteiger partial charge in [-0.25, -0.2) is 0 Å². The van der Waals surface area contributed by atoms with Gasteiger partial charge in [0.05, 0.1) is 7.11 Å². The van der Waals surface area contributed by atoms with E-state index in [2.05, 4.69) is 10.9 Å². The molecule has 0 unspecified atom stereocenters. The van der Waals surface area contributed by atoms with Gasteiger partial charge >= 0.3 is 0 Å². The summed E-state index contributed by atoms with van der Waals surface area (Å²) in [5.41, 5.74) is 4.53. The normalized spacial score (nSPS) is 9.95. The summed E-state index contributed by atoms with van der Waals surface area (Å²) in [5.74, 6) is -1.06. The maximum absolute atomic E-state index is 11.7. The standard InChI is InChI=1S/C12H13N3O4/c1-19-10-7-8(4-5-9(10)16)12(18)15-14-11(17)3-2-6-13/h2-7,13,16H,1H3,(H,14,17)(H,15,18). The SMILES string of the molecule is COc1cc(C(=O)NNC(=O)C=CC=N)ccc1O. The summed E-state index contributed by atoms with van der Waals surface area (Å²) < 4.78 is 4.86. The number of benzene rings is 1. The molecule has 0 atom stereocenters. The molecule has 100 valence electrons. The van der Waals surface area contributed by atoms with Crippen molar-refractivity contribution in [2.75, 3.05) is 7.11 Å². The van der Waals surface area contributed by atoms with Gasteiger partial charge < -0.3 is 15.3 Å². The minimum atomic E-state index is -0.567. The molecule has 7 nitrogen and oxygen atoms in total. The van der Waals surface area contributed by atoms with Gasteiger partial charge in [-0.15, -0.1) is 0 Å². The minimum absolute atomic E-state index is 0.0861. The molecule has 1 rings (SSSR count). The Morgan fingerprint density at radius 2 is 2.11 bits per heavy atom. The quantitative estimate of drug-likeness (QED) is 0.357. The maximum Gasteiger partial charge on any atom is 0.269 e. The molecule has 0 aliphatic carbocycles. The average Bonchev–Trinajstić information content (AvgIpc) is 2.42. The second-order valence-corrected chi connectivity index (χ2v) is 3.36.